The van der Waals surface area contributed by atoms with Crippen molar-refractivity contribution in [3.8, 4) is 0 Å². The second kappa shape index (κ2) is 9.22. The van der Waals surface area contributed by atoms with Gasteiger partial charge in [-0.25, -0.2) is 5.01 Å². The molecular weight excluding hydrogens is 392 g/mol. The van der Waals surface area contributed by atoms with Crippen molar-refractivity contribution in [2.75, 3.05) is 6.54 Å². The maximum absolute atomic E-state index is 12.5. The van der Waals surface area contributed by atoms with Gasteiger partial charge in [0.1, 0.15) is 0 Å². The molecule has 0 atom stereocenters. The van der Waals surface area contributed by atoms with Crippen LogP contribution in [0.5, 0.6) is 0 Å². The van der Waals surface area contributed by atoms with Crippen molar-refractivity contribution in [2.45, 2.75) is 13.0 Å². The van der Waals surface area contributed by atoms with Gasteiger partial charge in [-0.1, -0.05) is 28.1 Å². The molecule has 0 bridgehead atoms. The highest BCUT2D eigenvalue weighted by molar-refractivity contribution is 9.10. The predicted octanol–water partition coefficient (Wildman–Crippen LogP) is 3.63. The summed E-state index contributed by atoms with van der Waals surface area (Å²) < 4.78 is 1.06. The summed E-state index contributed by atoms with van der Waals surface area (Å²) in [5.41, 5.74) is 5.82. The minimum Gasteiger partial charge on any atom is -0.284 e. The van der Waals surface area contributed by atoms with E-state index in [0.717, 1.165) is 16.5 Å². The van der Waals surface area contributed by atoms with E-state index >= 15 is 0 Å². The fourth-order valence-corrected chi connectivity index (χ4v) is 2.77. The second-order valence-corrected chi connectivity index (χ2v) is 6.75. The summed E-state index contributed by atoms with van der Waals surface area (Å²) in [6.45, 7) is 1.29. The van der Waals surface area contributed by atoms with Gasteiger partial charge in [-0.2, -0.15) is 0 Å². The Morgan fingerprint density at radius 2 is 1.73 bits per heavy atom. The fraction of sp³-hybridized carbons (Fsp3) is 0.150. The highest BCUT2D eigenvalue weighted by Crippen LogP contribution is 2.12. The molecule has 1 amide bonds. The molecule has 26 heavy (non-hydrogen) atoms. The molecule has 0 unspecified atom stereocenters. The van der Waals surface area contributed by atoms with Crippen LogP contribution in [0.3, 0.4) is 0 Å². The predicted molar refractivity (Wildman–Crippen MR) is 104 cm³/mol. The third-order valence-corrected chi connectivity index (χ3v) is 4.42. The molecule has 5 nitrogen and oxygen atoms in total. The summed E-state index contributed by atoms with van der Waals surface area (Å²) in [6.07, 6.45) is 7.55. The molecule has 1 N–H and O–H groups in total. The van der Waals surface area contributed by atoms with E-state index < -0.39 is 0 Å². The first-order valence-electron chi connectivity index (χ1n) is 8.30. The summed E-state index contributed by atoms with van der Waals surface area (Å²) in [4.78, 5) is 20.5. The third kappa shape index (κ3) is 5.47. The van der Waals surface area contributed by atoms with Crippen LogP contribution in [0, 0.1) is 0 Å². The van der Waals surface area contributed by atoms with Crippen molar-refractivity contribution < 1.29 is 4.79 Å². The summed E-state index contributed by atoms with van der Waals surface area (Å²) in [5, 5.41) is 1.92. The van der Waals surface area contributed by atoms with Gasteiger partial charge in [0.15, 0.2) is 0 Å². The molecule has 3 aromatic rings. The molecule has 6 heteroatoms. The number of carbonyl (C=O) groups is 1. The first kappa shape index (κ1) is 18.2. The number of halogens is 1. The molecule has 0 saturated carbocycles. The fourth-order valence-electron chi connectivity index (χ4n) is 2.50. The number of hydrogen-bond donors (Lipinski definition) is 1. The van der Waals surface area contributed by atoms with E-state index in [1.807, 2.05) is 29.3 Å². The first-order chi connectivity index (χ1) is 12.7. The number of hydrazine groups is 1. The highest BCUT2D eigenvalue weighted by atomic mass is 79.9. The maximum atomic E-state index is 12.5. The zero-order valence-electron chi connectivity index (χ0n) is 14.2. The molecule has 1 aromatic carbocycles. The van der Waals surface area contributed by atoms with Crippen LogP contribution in [0.15, 0.2) is 77.8 Å². The van der Waals surface area contributed by atoms with E-state index in [1.165, 1.54) is 5.56 Å². The molecular formula is C20H19BrN4O. The van der Waals surface area contributed by atoms with Gasteiger partial charge in [0.2, 0.25) is 0 Å². The quantitative estimate of drug-likeness (QED) is 0.604. The van der Waals surface area contributed by atoms with E-state index in [-0.39, 0.29) is 5.91 Å². The molecule has 3 rings (SSSR count). The van der Waals surface area contributed by atoms with Crippen LogP contribution in [0.2, 0.25) is 0 Å². The van der Waals surface area contributed by atoms with Crippen molar-refractivity contribution in [1.82, 2.24) is 20.4 Å². The lowest BCUT2D eigenvalue weighted by molar-refractivity contribution is 0.0776. The average molecular weight is 411 g/mol. The van der Waals surface area contributed by atoms with E-state index in [2.05, 4.69) is 43.5 Å². The molecule has 2 heterocycles. The zero-order valence-corrected chi connectivity index (χ0v) is 15.8. The lowest BCUT2D eigenvalue weighted by Gasteiger charge is -2.23. The van der Waals surface area contributed by atoms with Crippen LogP contribution in [0.25, 0.3) is 0 Å². The Labute approximate surface area is 161 Å². The Hall–Kier alpha value is -2.57. The van der Waals surface area contributed by atoms with Gasteiger partial charge >= 0.3 is 0 Å². The van der Waals surface area contributed by atoms with Crippen molar-refractivity contribution in [2.24, 2.45) is 0 Å². The van der Waals surface area contributed by atoms with E-state index in [9.17, 15) is 4.79 Å². The van der Waals surface area contributed by atoms with Crippen LogP contribution < -0.4 is 5.43 Å². The van der Waals surface area contributed by atoms with E-state index in [1.54, 1.807) is 36.9 Å². The van der Waals surface area contributed by atoms with Crippen LogP contribution in [-0.2, 0) is 13.0 Å². The van der Waals surface area contributed by atoms with Gasteiger partial charge in [0, 0.05) is 42.3 Å². The Morgan fingerprint density at radius 1 is 0.962 bits per heavy atom. The summed E-state index contributed by atoms with van der Waals surface area (Å²) in [6, 6.07) is 15.6. The normalized spacial score (nSPS) is 10.7. The van der Waals surface area contributed by atoms with Crippen LogP contribution >= 0.6 is 15.9 Å². The number of benzene rings is 1. The lowest BCUT2D eigenvalue weighted by atomic mass is 10.1. The number of rotatable bonds is 7. The summed E-state index contributed by atoms with van der Waals surface area (Å²) >= 11 is 3.45. The molecule has 132 valence electrons. The van der Waals surface area contributed by atoms with Gasteiger partial charge in [-0.3, -0.25) is 20.2 Å². The smallest absolute Gasteiger partial charge is 0.267 e. The molecule has 0 aliphatic rings. The minimum absolute atomic E-state index is 0.164. The number of hydrogen-bond acceptors (Lipinski definition) is 4. The molecule has 0 fully saturated rings. The van der Waals surface area contributed by atoms with Gasteiger partial charge < -0.3 is 0 Å². The first-order valence-corrected chi connectivity index (χ1v) is 9.09. The highest BCUT2D eigenvalue weighted by Gasteiger charge is 2.12. The zero-order chi connectivity index (χ0) is 18.2. The van der Waals surface area contributed by atoms with Gasteiger partial charge in [-0.05, 0) is 53.9 Å². The van der Waals surface area contributed by atoms with Crippen molar-refractivity contribution in [1.29, 1.82) is 0 Å². The van der Waals surface area contributed by atoms with Crippen LogP contribution in [0.4, 0.5) is 0 Å². The van der Waals surface area contributed by atoms with Crippen molar-refractivity contribution >= 4 is 21.8 Å². The number of pyridine rings is 2. The topological polar surface area (TPSA) is 58.1 Å². The van der Waals surface area contributed by atoms with E-state index in [0.29, 0.717) is 18.7 Å². The maximum Gasteiger partial charge on any atom is 0.267 e. The molecule has 0 saturated heterocycles. The third-order valence-electron chi connectivity index (χ3n) is 3.89. The minimum atomic E-state index is -0.164. The Kier molecular flexibility index (Phi) is 6.46. The Balaban J connectivity index is 1.68. The second-order valence-electron chi connectivity index (χ2n) is 5.84. The van der Waals surface area contributed by atoms with E-state index in [4.69, 9.17) is 0 Å². The number of carbonyl (C=O) groups excluding carboxylic acids is 1. The SMILES string of the molecule is O=C(NN(CCc1ccc(Br)cc1)Cc1ccncc1)c1cccnc1. The van der Waals surface area contributed by atoms with Gasteiger partial charge in [-0.15, -0.1) is 0 Å². The van der Waals surface area contributed by atoms with Gasteiger partial charge in [0.25, 0.3) is 5.91 Å². The molecule has 0 radical (unpaired) electrons. The summed E-state index contributed by atoms with van der Waals surface area (Å²) in [5.74, 6) is -0.164. The standard InChI is InChI=1S/C20H19BrN4O/c21-19-5-3-16(4-6-19)9-13-25(15-17-7-11-22-12-8-17)24-20(26)18-2-1-10-23-14-18/h1-8,10-12,14H,9,13,15H2,(H,24,26). The monoisotopic (exact) mass is 410 g/mol. The molecule has 0 spiro atoms. The van der Waals surface area contributed by atoms with Crippen molar-refractivity contribution in [3.05, 3.63) is 94.5 Å². The number of nitrogens with zero attached hydrogens (tertiary/aromatic N) is 3. The number of nitrogens with one attached hydrogen (secondary N) is 1. The Morgan fingerprint density at radius 3 is 2.42 bits per heavy atom. The summed E-state index contributed by atoms with van der Waals surface area (Å²) in [7, 11) is 0. The average Bonchev–Trinajstić information content (AvgIpc) is 2.69. The molecule has 0 aliphatic heterocycles. The molecule has 0 aliphatic carbocycles. The number of amides is 1. The molecule has 2 aromatic heterocycles. The Bertz CT molecular complexity index is 825. The van der Waals surface area contributed by atoms with Gasteiger partial charge in [0.05, 0.1) is 5.56 Å². The lowest BCUT2D eigenvalue weighted by Crippen LogP contribution is -2.42. The number of aromatic nitrogens is 2. The largest absolute Gasteiger partial charge is 0.284 e. The van der Waals surface area contributed by atoms with Crippen LogP contribution in [0.1, 0.15) is 21.5 Å². The van der Waals surface area contributed by atoms with Crippen molar-refractivity contribution in [3.63, 3.8) is 0 Å². The van der Waals surface area contributed by atoms with Crippen LogP contribution in [-0.4, -0.2) is 27.4 Å².